The second-order valence-corrected chi connectivity index (χ2v) is 10.8. The molecule has 5 rings (SSSR count). The number of rotatable bonds is 8. The topological polar surface area (TPSA) is 90.0 Å². The van der Waals surface area contributed by atoms with Gasteiger partial charge in [-0.05, 0) is 104 Å². The first-order valence-corrected chi connectivity index (χ1v) is 13.7. The van der Waals surface area contributed by atoms with Gasteiger partial charge in [0, 0.05) is 5.56 Å². The van der Waals surface area contributed by atoms with E-state index in [1.54, 1.807) is 36.4 Å². The number of aryl methyl sites for hydroxylation is 3. The van der Waals surface area contributed by atoms with Gasteiger partial charge in [0.1, 0.15) is 11.5 Å². The number of carbonyl (C=O) groups excluding carboxylic acids is 4. The molecule has 0 spiro atoms. The zero-order valence-electron chi connectivity index (χ0n) is 24.2. The van der Waals surface area contributed by atoms with Crippen LogP contribution in [0, 0.1) is 20.8 Å². The average molecular weight is 562 g/mol. The molecule has 1 aliphatic heterocycles. The lowest BCUT2D eigenvalue weighted by Gasteiger charge is -2.16. The van der Waals surface area contributed by atoms with Crippen LogP contribution in [0.1, 0.15) is 83.5 Å². The van der Waals surface area contributed by atoms with E-state index in [0.717, 1.165) is 32.9 Å². The molecule has 0 N–H and O–H groups in total. The maximum Gasteiger partial charge on any atom is 0.338 e. The van der Waals surface area contributed by atoms with Crippen LogP contribution < -0.4 is 9.64 Å². The summed E-state index contributed by atoms with van der Waals surface area (Å²) in [4.78, 5) is 52.8. The molecule has 2 amide bonds. The third kappa shape index (κ3) is 5.59. The molecule has 42 heavy (non-hydrogen) atoms. The van der Waals surface area contributed by atoms with Crippen molar-refractivity contribution in [2.24, 2.45) is 0 Å². The second kappa shape index (κ2) is 11.4. The number of nitrogens with zero attached hydrogens (tertiary/aromatic N) is 1. The fraction of sp³-hybridized carbons (Fsp3) is 0.200. The molecule has 0 unspecified atom stereocenters. The second-order valence-electron chi connectivity index (χ2n) is 10.8. The van der Waals surface area contributed by atoms with Crippen molar-refractivity contribution in [3.63, 3.8) is 0 Å². The first-order chi connectivity index (χ1) is 20.0. The Morgan fingerprint density at radius 2 is 1.43 bits per heavy atom. The van der Waals surface area contributed by atoms with Crippen molar-refractivity contribution in [3.8, 4) is 11.5 Å². The lowest BCUT2D eigenvalue weighted by molar-refractivity contribution is 0.0474. The number of ether oxygens (including phenoxy) is 2. The van der Waals surface area contributed by atoms with Crippen LogP contribution in [0.3, 0.4) is 0 Å². The number of carbonyl (C=O) groups is 4. The Bertz CT molecular complexity index is 1740. The minimum atomic E-state index is -0.757. The summed E-state index contributed by atoms with van der Waals surface area (Å²) in [5.41, 5.74) is 5.36. The number of amides is 2. The largest absolute Gasteiger partial charge is 0.457 e. The van der Waals surface area contributed by atoms with Gasteiger partial charge in [0.25, 0.3) is 11.8 Å². The van der Waals surface area contributed by atoms with Gasteiger partial charge in [0.05, 0.1) is 22.4 Å². The molecule has 0 saturated carbocycles. The number of ketones is 1. The molecular formula is C35H31NO6. The van der Waals surface area contributed by atoms with E-state index in [2.05, 4.69) is 19.9 Å². The van der Waals surface area contributed by atoms with E-state index in [4.69, 9.17) is 9.47 Å². The lowest BCUT2D eigenvalue weighted by atomic mass is 10.0. The maximum absolute atomic E-state index is 13.3. The van der Waals surface area contributed by atoms with Crippen molar-refractivity contribution in [2.45, 2.75) is 40.5 Å². The van der Waals surface area contributed by atoms with Crippen LogP contribution in [-0.2, 0) is 4.74 Å². The molecule has 212 valence electrons. The number of benzene rings is 4. The quantitative estimate of drug-likeness (QED) is 0.127. The summed E-state index contributed by atoms with van der Waals surface area (Å²) in [6.45, 7) is 9.61. The molecule has 0 saturated heterocycles. The highest BCUT2D eigenvalue weighted by atomic mass is 16.5. The average Bonchev–Trinajstić information content (AvgIpc) is 3.22. The van der Waals surface area contributed by atoms with Crippen LogP contribution in [-0.4, -0.2) is 30.2 Å². The molecule has 1 heterocycles. The van der Waals surface area contributed by atoms with Crippen molar-refractivity contribution in [1.29, 1.82) is 0 Å². The van der Waals surface area contributed by atoms with E-state index >= 15 is 0 Å². The Labute approximate surface area is 244 Å². The van der Waals surface area contributed by atoms with Crippen molar-refractivity contribution < 1.29 is 28.7 Å². The Morgan fingerprint density at radius 1 is 0.738 bits per heavy atom. The van der Waals surface area contributed by atoms with Gasteiger partial charge in [-0.2, -0.15) is 0 Å². The van der Waals surface area contributed by atoms with Gasteiger partial charge >= 0.3 is 5.97 Å². The summed E-state index contributed by atoms with van der Waals surface area (Å²) < 4.78 is 11.4. The lowest BCUT2D eigenvalue weighted by Crippen LogP contribution is -2.29. The zero-order valence-corrected chi connectivity index (χ0v) is 24.2. The van der Waals surface area contributed by atoms with E-state index < -0.39 is 24.4 Å². The number of anilines is 1. The summed E-state index contributed by atoms with van der Waals surface area (Å²) in [6.07, 6.45) is 0. The smallest absolute Gasteiger partial charge is 0.338 e. The summed E-state index contributed by atoms with van der Waals surface area (Å²) in [6, 6.07) is 22.3. The Morgan fingerprint density at radius 3 is 2.12 bits per heavy atom. The highest BCUT2D eigenvalue weighted by molar-refractivity contribution is 6.34. The van der Waals surface area contributed by atoms with Crippen LogP contribution in [0.4, 0.5) is 5.69 Å². The zero-order chi connectivity index (χ0) is 30.1. The number of fused-ring (bicyclic) bond motifs is 1. The van der Waals surface area contributed by atoms with Crippen LogP contribution >= 0.6 is 0 Å². The highest BCUT2D eigenvalue weighted by Crippen LogP contribution is 2.34. The summed E-state index contributed by atoms with van der Waals surface area (Å²) >= 11 is 0. The molecule has 4 aromatic rings. The molecular weight excluding hydrogens is 530 g/mol. The molecule has 4 aromatic carbocycles. The molecule has 0 aromatic heterocycles. The van der Waals surface area contributed by atoms with E-state index in [0.29, 0.717) is 17.0 Å². The van der Waals surface area contributed by atoms with E-state index in [9.17, 15) is 19.2 Å². The van der Waals surface area contributed by atoms with Crippen LogP contribution in [0.25, 0.3) is 0 Å². The predicted molar refractivity (Wildman–Crippen MR) is 160 cm³/mol. The normalized spacial score (nSPS) is 12.5. The fourth-order valence-electron chi connectivity index (χ4n) is 4.81. The molecule has 0 fully saturated rings. The predicted octanol–water partition coefficient (Wildman–Crippen LogP) is 7.37. The number of imide groups is 1. The van der Waals surface area contributed by atoms with Gasteiger partial charge in [0.15, 0.2) is 12.4 Å². The van der Waals surface area contributed by atoms with Crippen LogP contribution in [0.15, 0.2) is 78.9 Å². The SMILES string of the molecule is Cc1ccc(C(C)C)c(Oc2ccc(N3C(=O)c4ccc(C(=O)OCC(=O)c5ccc(C)c(C)c5)cc4C3=O)cc2)c1. The molecule has 0 radical (unpaired) electrons. The van der Waals surface area contributed by atoms with Crippen LogP contribution in [0.2, 0.25) is 0 Å². The minimum Gasteiger partial charge on any atom is -0.457 e. The van der Waals surface area contributed by atoms with E-state index in [1.807, 2.05) is 39.0 Å². The van der Waals surface area contributed by atoms with Crippen molar-refractivity contribution in [3.05, 3.63) is 123 Å². The molecule has 0 bridgehead atoms. The molecule has 7 heteroatoms. The third-order valence-electron chi connectivity index (χ3n) is 7.40. The van der Waals surface area contributed by atoms with Crippen molar-refractivity contribution >= 4 is 29.3 Å². The van der Waals surface area contributed by atoms with Gasteiger partial charge in [-0.15, -0.1) is 0 Å². The Kier molecular flexibility index (Phi) is 7.77. The highest BCUT2D eigenvalue weighted by Gasteiger charge is 2.37. The number of esters is 1. The molecule has 7 nitrogen and oxygen atoms in total. The molecule has 1 aliphatic rings. The summed E-state index contributed by atoms with van der Waals surface area (Å²) in [5.74, 6) is -0.526. The maximum atomic E-state index is 13.3. The third-order valence-corrected chi connectivity index (χ3v) is 7.40. The Balaban J connectivity index is 1.29. The van der Waals surface area contributed by atoms with E-state index in [1.165, 1.54) is 18.2 Å². The summed E-state index contributed by atoms with van der Waals surface area (Å²) in [5, 5.41) is 0. The monoisotopic (exact) mass is 561 g/mol. The van der Waals surface area contributed by atoms with Gasteiger partial charge in [0.2, 0.25) is 0 Å². The van der Waals surface area contributed by atoms with Crippen LogP contribution in [0.5, 0.6) is 11.5 Å². The number of hydrogen-bond acceptors (Lipinski definition) is 6. The Hall–Kier alpha value is -5.04. The van der Waals surface area contributed by atoms with Gasteiger partial charge in [-0.1, -0.05) is 38.1 Å². The number of Topliss-reactive ketones (excluding diaryl/α,β-unsaturated/α-hetero) is 1. The van der Waals surface area contributed by atoms with Gasteiger partial charge in [-0.25, -0.2) is 9.69 Å². The first-order valence-electron chi connectivity index (χ1n) is 13.7. The molecule has 0 aliphatic carbocycles. The molecule has 0 atom stereocenters. The fourth-order valence-corrected chi connectivity index (χ4v) is 4.81. The standard InChI is InChI=1S/C35H31NO6/c1-20(2)28-14-6-21(3)16-32(28)42-27-12-10-26(11-13-27)36-33(38)29-15-9-25(18-30(29)34(36)39)35(40)41-19-31(37)24-8-7-22(4)23(5)17-24/h6-18,20H,19H2,1-5H3. The number of hydrogen-bond donors (Lipinski definition) is 0. The summed E-state index contributed by atoms with van der Waals surface area (Å²) in [7, 11) is 0. The van der Waals surface area contributed by atoms with Crippen molar-refractivity contribution in [2.75, 3.05) is 11.5 Å². The first kappa shape index (κ1) is 28.5. The minimum absolute atomic E-state index is 0.0764. The van der Waals surface area contributed by atoms with E-state index in [-0.39, 0.29) is 28.4 Å². The van der Waals surface area contributed by atoms with Crippen molar-refractivity contribution in [1.82, 2.24) is 0 Å². The van der Waals surface area contributed by atoms with Gasteiger partial charge < -0.3 is 9.47 Å². The van der Waals surface area contributed by atoms with Gasteiger partial charge in [-0.3, -0.25) is 14.4 Å².